The van der Waals surface area contributed by atoms with Gasteiger partial charge in [0.1, 0.15) is 0 Å². The van der Waals surface area contributed by atoms with Crippen molar-refractivity contribution < 1.29 is 4.79 Å². The molecule has 0 atom stereocenters. The van der Waals surface area contributed by atoms with Gasteiger partial charge in [-0.3, -0.25) is 4.90 Å². The number of halogens is 1. The molecule has 2 N–H and O–H groups in total. The fourth-order valence-electron chi connectivity index (χ4n) is 3.52. The van der Waals surface area contributed by atoms with Crippen molar-refractivity contribution in [2.24, 2.45) is 0 Å². The fourth-order valence-corrected chi connectivity index (χ4v) is 4.21. The van der Waals surface area contributed by atoms with Crippen molar-refractivity contribution in [3.05, 3.63) is 63.6 Å². The molecule has 26 heavy (non-hydrogen) atoms. The molecular formula is C21H26BrN3O. The minimum Gasteiger partial charge on any atom is -0.335 e. The van der Waals surface area contributed by atoms with Gasteiger partial charge in [0.2, 0.25) is 0 Å². The maximum Gasteiger partial charge on any atom is 0.319 e. The Morgan fingerprint density at radius 3 is 2.35 bits per heavy atom. The third kappa shape index (κ3) is 5.08. The van der Waals surface area contributed by atoms with Crippen molar-refractivity contribution in [1.29, 1.82) is 0 Å². The second kappa shape index (κ2) is 8.69. The van der Waals surface area contributed by atoms with Crippen molar-refractivity contribution in [2.75, 3.05) is 18.4 Å². The van der Waals surface area contributed by atoms with Crippen LogP contribution in [-0.2, 0) is 6.54 Å². The van der Waals surface area contributed by atoms with Crippen molar-refractivity contribution in [3.8, 4) is 0 Å². The van der Waals surface area contributed by atoms with E-state index in [2.05, 4.69) is 55.7 Å². The standard InChI is InChI=1S/C21H26BrN3O/c1-15-12-18(22)13-16(2)20(15)24-21(26)23-19-8-10-25(11-9-19)14-17-6-4-3-5-7-17/h3-7,12-13,19H,8-11,14H2,1-2H3,(H2,23,24,26). The Morgan fingerprint density at radius 2 is 1.73 bits per heavy atom. The summed E-state index contributed by atoms with van der Waals surface area (Å²) in [6.07, 6.45) is 1.97. The third-order valence-corrected chi connectivity index (χ3v) is 5.37. The van der Waals surface area contributed by atoms with Gasteiger partial charge in [-0.25, -0.2) is 4.79 Å². The van der Waals surface area contributed by atoms with Gasteiger partial charge in [0.05, 0.1) is 0 Å². The van der Waals surface area contributed by atoms with Crippen LogP contribution < -0.4 is 10.6 Å². The number of nitrogens with zero attached hydrogens (tertiary/aromatic N) is 1. The topological polar surface area (TPSA) is 44.4 Å². The number of hydrogen-bond donors (Lipinski definition) is 2. The highest BCUT2D eigenvalue weighted by atomic mass is 79.9. The number of carbonyl (C=O) groups is 1. The van der Waals surface area contributed by atoms with E-state index < -0.39 is 0 Å². The molecule has 4 nitrogen and oxygen atoms in total. The number of urea groups is 1. The van der Waals surface area contributed by atoms with Gasteiger partial charge in [-0.2, -0.15) is 0 Å². The minimum atomic E-state index is -0.111. The highest BCUT2D eigenvalue weighted by Crippen LogP contribution is 2.25. The van der Waals surface area contributed by atoms with E-state index in [-0.39, 0.29) is 12.1 Å². The molecule has 0 aliphatic carbocycles. The highest BCUT2D eigenvalue weighted by molar-refractivity contribution is 9.10. The van der Waals surface area contributed by atoms with Crippen LogP contribution in [0.1, 0.15) is 29.5 Å². The monoisotopic (exact) mass is 415 g/mol. The summed E-state index contributed by atoms with van der Waals surface area (Å²) in [4.78, 5) is 14.8. The summed E-state index contributed by atoms with van der Waals surface area (Å²) in [7, 11) is 0. The van der Waals surface area contributed by atoms with E-state index in [1.54, 1.807) is 0 Å². The second-order valence-electron chi connectivity index (χ2n) is 7.05. The Balaban J connectivity index is 1.48. The fraction of sp³-hybridized carbons (Fsp3) is 0.381. The Hall–Kier alpha value is -1.85. The summed E-state index contributed by atoms with van der Waals surface area (Å²) in [5, 5.41) is 6.15. The molecule has 1 saturated heterocycles. The zero-order chi connectivity index (χ0) is 18.5. The Bertz CT molecular complexity index is 732. The van der Waals surface area contributed by atoms with Crippen LogP contribution in [0.2, 0.25) is 0 Å². The van der Waals surface area contributed by atoms with E-state index in [0.717, 1.165) is 53.8 Å². The number of likely N-dealkylation sites (tertiary alicyclic amines) is 1. The SMILES string of the molecule is Cc1cc(Br)cc(C)c1NC(=O)NC1CCN(Cc2ccccc2)CC1. The Kier molecular flexibility index (Phi) is 6.33. The van der Waals surface area contributed by atoms with Crippen molar-refractivity contribution in [2.45, 2.75) is 39.3 Å². The summed E-state index contributed by atoms with van der Waals surface area (Å²) in [6, 6.07) is 14.7. The number of aryl methyl sites for hydroxylation is 2. The zero-order valence-electron chi connectivity index (χ0n) is 15.4. The number of amides is 2. The van der Waals surface area contributed by atoms with Crippen molar-refractivity contribution in [3.63, 3.8) is 0 Å². The van der Waals surface area contributed by atoms with Gasteiger partial charge in [0.15, 0.2) is 0 Å². The number of benzene rings is 2. The molecule has 0 saturated carbocycles. The predicted octanol–water partition coefficient (Wildman–Crippen LogP) is 4.85. The van der Waals surface area contributed by atoms with E-state index in [1.165, 1.54) is 5.56 Å². The molecule has 1 aliphatic rings. The van der Waals surface area contributed by atoms with Gasteiger partial charge in [0, 0.05) is 35.8 Å². The van der Waals surface area contributed by atoms with Crippen LogP contribution in [0.15, 0.2) is 46.9 Å². The lowest BCUT2D eigenvalue weighted by molar-refractivity contribution is 0.190. The first-order chi connectivity index (χ1) is 12.5. The van der Waals surface area contributed by atoms with Crippen molar-refractivity contribution in [1.82, 2.24) is 10.2 Å². The normalized spacial score (nSPS) is 15.7. The molecule has 0 radical (unpaired) electrons. The maximum atomic E-state index is 12.4. The van der Waals surface area contributed by atoms with E-state index in [1.807, 2.05) is 32.0 Å². The first-order valence-corrected chi connectivity index (χ1v) is 9.91. The van der Waals surface area contributed by atoms with Crippen LogP contribution in [0.4, 0.5) is 10.5 Å². The molecule has 2 aromatic carbocycles. The molecule has 2 amide bonds. The van der Waals surface area contributed by atoms with E-state index in [4.69, 9.17) is 0 Å². The van der Waals surface area contributed by atoms with E-state index >= 15 is 0 Å². The lowest BCUT2D eigenvalue weighted by Gasteiger charge is -2.32. The summed E-state index contributed by atoms with van der Waals surface area (Å²) >= 11 is 3.49. The van der Waals surface area contributed by atoms with Gasteiger partial charge in [-0.05, 0) is 55.5 Å². The maximum absolute atomic E-state index is 12.4. The summed E-state index contributed by atoms with van der Waals surface area (Å²) < 4.78 is 1.03. The van der Waals surface area contributed by atoms with Gasteiger partial charge >= 0.3 is 6.03 Å². The predicted molar refractivity (Wildman–Crippen MR) is 111 cm³/mol. The minimum absolute atomic E-state index is 0.111. The van der Waals surface area contributed by atoms with Gasteiger partial charge in [0.25, 0.3) is 0 Å². The highest BCUT2D eigenvalue weighted by Gasteiger charge is 2.21. The van der Waals surface area contributed by atoms with Crippen LogP contribution in [-0.4, -0.2) is 30.1 Å². The smallest absolute Gasteiger partial charge is 0.319 e. The average molecular weight is 416 g/mol. The number of hydrogen-bond acceptors (Lipinski definition) is 2. The van der Waals surface area contributed by atoms with Crippen molar-refractivity contribution >= 4 is 27.6 Å². The van der Waals surface area contributed by atoms with Crippen LogP contribution in [0.25, 0.3) is 0 Å². The molecular weight excluding hydrogens is 390 g/mol. The number of piperidine rings is 1. The lowest BCUT2D eigenvalue weighted by atomic mass is 10.0. The quantitative estimate of drug-likeness (QED) is 0.748. The van der Waals surface area contributed by atoms with E-state index in [0.29, 0.717) is 0 Å². The molecule has 0 spiro atoms. The molecule has 5 heteroatoms. The number of anilines is 1. The van der Waals surface area contributed by atoms with Gasteiger partial charge in [-0.1, -0.05) is 46.3 Å². The van der Waals surface area contributed by atoms with Crippen LogP contribution in [0.3, 0.4) is 0 Å². The zero-order valence-corrected chi connectivity index (χ0v) is 17.0. The average Bonchev–Trinajstić information content (AvgIpc) is 2.61. The molecule has 0 aromatic heterocycles. The molecule has 1 aliphatic heterocycles. The summed E-state index contributed by atoms with van der Waals surface area (Å²) in [5.74, 6) is 0. The Morgan fingerprint density at radius 1 is 1.12 bits per heavy atom. The largest absolute Gasteiger partial charge is 0.335 e. The van der Waals surface area contributed by atoms with Crippen LogP contribution >= 0.6 is 15.9 Å². The number of nitrogens with one attached hydrogen (secondary N) is 2. The van der Waals surface area contributed by atoms with E-state index in [9.17, 15) is 4.79 Å². The van der Waals surface area contributed by atoms with Crippen LogP contribution in [0.5, 0.6) is 0 Å². The third-order valence-electron chi connectivity index (χ3n) is 4.91. The molecule has 1 fully saturated rings. The molecule has 0 unspecified atom stereocenters. The first-order valence-electron chi connectivity index (χ1n) is 9.12. The number of carbonyl (C=O) groups excluding carboxylic acids is 1. The van der Waals surface area contributed by atoms with Gasteiger partial charge < -0.3 is 10.6 Å². The van der Waals surface area contributed by atoms with Gasteiger partial charge in [-0.15, -0.1) is 0 Å². The molecule has 138 valence electrons. The summed E-state index contributed by atoms with van der Waals surface area (Å²) in [6.45, 7) is 7.02. The Labute approximate surface area is 164 Å². The lowest BCUT2D eigenvalue weighted by Crippen LogP contribution is -2.45. The first kappa shape index (κ1) is 18.9. The molecule has 1 heterocycles. The molecule has 0 bridgehead atoms. The summed E-state index contributed by atoms with van der Waals surface area (Å²) in [5.41, 5.74) is 4.36. The molecule has 2 aromatic rings. The van der Waals surface area contributed by atoms with Crippen LogP contribution in [0, 0.1) is 13.8 Å². The molecule has 3 rings (SSSR count). The second-order valence-corrected chi connectivity index (χ2v) is 7.96. The number of rotatable bonds is 4.